The molecule has 2 aromatic rings. The van der Waals surface area contributed by atoms with Crippen molar-refractivity contribution < 1.29 is 2.74 Å². The van der Waals surface area contributed by atoms with E-state index in [0.717, 1.165) is 22.3 Å². The molecule has 62 valence electrons. The van der Waals surface area contributed by atoms with Crippen LogP contribution in [0.2, 0.25) is 0 Å². The summed E-state index contributed by atoms with van der Waals surface area (Å²) in [5.74, 6) is 0. The van der Waals surface area contributed by atoms with Gasteiger partial charge in [-0.3, -0.25) is 0 Å². The van der Waals surface area contributed by atoms with Gasteiger partial charge in [-0.05, 0) is 28.6 Å². The summed E-state index contributed by atoms with van der Waals surface area (Å²) in [5, 5.41) is 0. The Bertz CT molecular complexity index is 482. The Labute approximate surface area is 80.7 Å². The molecule has 1 aliphatic carbocycles. The van der Waals surface area contributed by atoms with E-state index in [2.05, 4.69) is 0 Å². The van der Waals surface area contributed by atoms with Crippen LogP contribution in [0.5, 0.6) is 0 Å². The lowest BCUT2D eigenvalue weighted by molar-refractivity contribution is 1.26. The minimum Gasteiger partial charge on any atom is -0.0619 e. The minimum absolute atomic E-state index is 0.784. The summed E-state index contributed by atoms with van der Waals surface area (Å²) in [7, 11) is 0. The quantitative estimate of drug-likeness (QED) is 0.569. The molecule has 2 aromatic carbocycles. The van der Waals surface area contributed by atoms with Crippen molar-refractivity contribution in [2.45, 2.75) is 6.37 Å². The van der Waals surface area contributed by atoms with Crippen LogP contribution in [-0.2, 0) is 6.37 Å². The minimum atomic E-state index is -1.34. The molecule has 3 rings (SSSR count). The molecule has 0 bridgehead atoms. The highest BCUT2D eigenvalue weighted by molar-refractivity contribution is 5.76. The van der Waals surface area contributed by atoms with Gasteiger partial charge in [0.05, 0.1) is 0 Å². The number of rotatable bonds is 0. The molecule has 0 atom stereocenters. The summed E-state index contributed by atoms with van der Waals surface area (Å²) < 4.78 is 16.2. The maximum atomic E-state index is 8.12. The van der Waals surface area contributed by atoms with Crippen LogP contribution in [0.1, 0.15) is 13.9 Å². The molecule has 0 fully saturated rings. The Hall–Kier alpha value is -1.56. The Balaban J connectivity index is 2.42. The summed E-state index contributed by atoms with van der Waals surface area (Å²) in [6.45, 7) is 0. The third-order valence-corrected chi connectivity index (χ3v) is 2.41. The summed E-state index contributed by atoms with van der Waals surface area (Å²) in [6, 6.07) is 15.4. The normalized spacial score (nSPS) is 18.5. The summed E-state index contributed by atoms with van der Waals surface area (Å²) >= 11 is 0. The molecule has 0 nitrogen and oxygen atoms in total. The molecule has 0 aromatic heterocycles. The lowest BCUT2D eigenvalue weighted by Crippen LogP contribution is -1.77. The zero-order valence-corrected chi connectivity index (χ0v) is 7.12. The Kier molecular flexibility index (Phi) is 0.990. The van der Waals surface area contributed by atoms with Gasteiger partial charge in [0.25, 0.3) is 0 Å². The van der Waals surface area contributed by atoms with Crippen LogP contribution < -0.4 is 0 Å². The average molecular weight is 170 g/mol. The lowest BCUT2D eigenvalue weighted by atomic mass is 10.1. The van der Waals surface area contributed by atoms with E-state index >= 15 is 0 Å². The van der Waals surface area contributed by atoms with Crippen LogP contribution in [0.3, 0.4) is 0 Å². The molecule has 0 amide bonds. The van der Waals surface area contributed by atoms with Crippen molar-refractivity contribution in [3.63, 3.8) is 0 Å². The van der Waals surface area contributed by atoms with E-state index in [1.54, 1.807) is 0 Å². The van der Waals surface area contributed by atoms with Gasteiger partial charge in [-0.15, -0.1) is 0 Å². The van der Waals surface area contributed by atoms with Crippen molar-refractivity contribution in [1.29, 1.82) is 0 Å². The molecule has 0 aliphatic heterocycles. The monoisotopic (exact) mass is 170 g/mol. The first-order valence-electron chi connectivity index (χ1n) is 5.40. The maximum absolute atomic E-state index is 8.12. The lowest BCUT2D eigenvalue weighted by Gasteiger charge is -1.98. The molecule has 0 saturated heterocycles. The van der Waals surface area contributed by atoms with E-state index in [9.17, 15) is 0 Å². The van der Waals surface area contributed by atoms with Gasteiger partial charge in [0.2, 0.25) is 0 Å². The van der Waals surface area contributed by atoms with E-state index < -0.39 is 6.37 Å². The van der Waals surface area contributed by atoms with Crippen molar-refractivity contribution in [3.8, 4) is 11.1 Å². The van der Waals surface area contributed by atoms with Gasteiger partial charge in [-0.1, -0.05) is 48.5 Å². The van der Waals surface area contributed by atoms with Gasteiger partial charge >= 0.3 is 0 Å². The van der Waals surface area contributed by atoms with Crippen LogP contribution in [0, 0.1) is 0 Å². The first-order valence-corrected chi connectivity index (χ1v) is 4.40. The van der Waals surface area contributed by atoms with Crippen LogP contribution >= 0.6 is 0 Å². The van der Waals surface area contributed by atoms with Crippen LogP contribution in [0.4, 0.5) is 0 Å². The second kappa shape index (κ2) is 2.46. The van der Waals surface area contributed by atoms with Gasteiger partial charge < -0.3 is 0 Å². The highest BCUT2D eigenvalue weighted by atomic mass is 14.2. The first kappa shape index (κ1) is 5.23. The molecular weight excluding hydrogens is 156 g/mol. The van der Waals surface area contributed by atoms with Crippen molar-refractivity contribution in [2.75, 3.05) is 0 Å². The Morgan fingerprint density at radius 2 is 1.23 bits per heavy atom. The SMILES string of the molecule is [3H]C1([3H])c2ccccc2-c2ccccc21. The fourth-order valence-corrected chi connectivity index (χ4v) is 1.80. The van der Waals surface area contributed by atoms with Crippen LogP contribution in [-0.4, -0.2) is 0 Å². The van der Waals surface area contributed by atoms with Crippen molar-refractivity contribution in [1.82, 2.24) is 0 Å². The van der Waals surface area contributed by atoms with E-state index in [1.165, 1.54) is 0 Å². The highest BCUT2D eigenvalue weighted by Crippen LogP contribution is 2.35. The largest absolute Gasteiger partial charge is 0.0619 e. The van der Waals surface area contributed by atoms with Crippen molar-refractivity contribution in [2.24, 2.45) is 0 Å². The number of hydrogen-bond donors (Lipinski definition) is 0. The fraction of sp³-hybridized carbons (Fsp3) is 0.0769. The van der Waals surface area contributed by atoms with E-state index in [-0.39, 0.29) is 0 Å². The predicted octanol–water partition coefficient (Wildman–Crippen LogP) is 3.26. The summed E-state index contributed by atoms with van der Waals surface area (Å²) in [6.07, 6.45) is -1.34. The number of hydrogen-bond acceptors (Lipinski definition) is 0. The first-order chi connectivity index (χ1) is 7.21. The third kappa shape index (κ3) is 0.919. The molecule has 0 radical (unpaired) electrons. The molecule has 0 heteroatoms. The van der Waals surface area contributed by atoms with E-state index in [1.807, 2.05) is 48.5 Å². The number of benzene rings is 2. The molecule has 0 N–H and O–H groups in total. The zero-order valence-electron chi connectivity index (χ0n) is 9.12. The maximum Gasteiger partial charge on any atom is 0.0366 e. The standard InChI is InChI=1S/C13H10/c1-3-7-12-10(5-1)9-11-6-2-4-8-13(11)12/h1-8H,9H2/i9T2. The molecular formula is C13H10. The van der Waals surface area contributed by atoms with E-state index in [4.69, 9.17) is 2.74 Å². The second-order valence-electron chi connectivity index (χ2n) is 3.22. The van der Waals surface area contributed by atoms with Crippen molar-refractivity contribution >= 4 is 0 Å². The number of fused-ring (bicyclic) bond motifs is 3. The van der Waals surface area contributed by atoms with Crippen LogP contribution in [0.15, 0.2) is 48.5 Å². The molecule has 0 saturated carbocycles. The second-order valence-corrected chi connectivity index (χ2v) is 3.22. The smallest absolute Gasteiger partial charge is 0.0366 e. The molecule has 1 aliphatic rings. The summed E-state index contributed by atoms with van der Waals surface area (Å²) in [5.41, 5.74) is 3.62. The topological polar surface area (TPSA) is 0 Å². The van der Waals surface area contributed by atoms with Gasteiger partial charge in [0.1, 0.15) is 0 Å². The summed E-state index contributed by atoms with van der Waals surface area (Å²) in [4.78, 5) is 0. The molecule has 0 unspecified atom stereocenters. The van der Waals surface area contributed by atoms with Gasteiger partial charge in [-0.25, -0.2) is 0 Å². The van der Waals surface area contributed by atoms with Crippen molar-refractivity contribution in [3.05, 3.63) is 59.7 Å². The van der Waals surface area contributed by atoms with Crippen LogP contribution in [0.25, 0.3) is 11.1 Å². The van der Waals surface area contributed by atoms with Gasteiger partial charge in [0, 0.05) is 2.74 Å². The average Bonchev–Trinajstić information content (AvgIpc) is 2.51. The van der Waals surface area contributed by atoms with E-state index in [0.29, 0.717) is 0 Å². The zero-order chi connectivity index (χ0) is 10.5. The highest BCUT2D eigenvalue weighted by Gasteiger charge is 2.15. The Morgan fingerprint density at radius 3 is 1.77 bits per heavy atom. The van der Waals surface area contributed by atoms with Gasteiger partial charge in [0.15, 0.2) is 0 Å². The fourth-order valence-electron chi connectivity index (χ4n) is 1.80. The Morgan fingerprint density at radius 1 is 0.769 bits per heavy atom. The van der Waals surface area contributed by atoms with Gasteiger partial charge in [-0.2, -0.15) is 0 Å². The predicted molar refractivity (Wildman–Crippen MR) is 54.7 cm³/mol. The molecule has 13 heavy (non-hydrogen) atoms. The molecule has 0 spiro atoms. The third-order valence-electron chi connectivity index (χ3n) is 2.41. The molecule has 0 heterocycles.